The quantitative estimate of drug-likeness (QED) is 0.765. The third-order valence-corrected chi connectivity index (χ3v) is 5.06. The lowest BCUT2D eigenvalue weighted by Crippen LogP contribution is -2.41. The van der Waals surface area contributed by atoms with Gasteiger partial charge in [-0.3, -0.25) is 4.79 Å². The largest absolute Gasteiger partial charge is 0.493 e. The zero-order chi connectivity index (χ0) is 19.3. The maximum Gasteiger partial charge on any atom is 0.242 e. The smallest absolute Gasteiger partial charge is 0.242 e. The normalized spacial score (nSPS) is 12.3. The van der Waals surface area contributed by atoms with E-state index in [4.69, 9.17) is 9.47 Å². The second-order valence-electron chi connectivity index (χ2n) is 5.33. The molecule has 2 aromatic rings. The van der Waals surface area contributed by atoms with E-state index in [2.05, 4.69) is 10.0 Å². The lowest BCUT2D eigenvalue weighted by Gasteiger charge is -2.16. The third kappa shape index (κ3) is 4.50. The summed E-state index contributed by atoms with van der Waals surface area (Å²) in [5.41, 5.74) is -0.0327. The molecule has 0 bridgehead atoms. The van der Waals surface area contributed by atoms with Gasteiger partial charge in [0, 0.05) is 6.07 Å². The molecule has 2 rings (SSSR count). The topological polar surface area (TPSA) is 93.7 Å². The van der Waals surface area contributed by atoms with Crippen LogP contribution in [0.4, 0.5) is 10.1 Å². The lowest BCUT2D eigenvalue weighted by molar-refractivity contribution is -0.117. The number of benzene rings is 2. The molecule has 0 radical (unpaired) electrons. The lowest BCUT2D eigenvalue weighted by atomic mass is 10.2. The van der Waals surface area contributed by atoms with Gasteiger partial charge in [-0.25, -0.2) is 12.8 Å². The number of rotatable bonds is 7. The van der Waals surface area contributed by atoms with Gasteiger partial charge < -0.3 is 14.8 Å². The van der Waals surface area contributed by atoms with Crippen molar-refractivity contribution < 1.29 is 27.1 Å². The molecule has 0 saturated carbocycles. The second-order valence-corrected chi connectivity index (χ2v) is 7.04. The molecule has 140 valence electrons. The van der Waals surface area contributed by atoms with Crippen molar-refractivity contribution in [1.29, 1.82) is 0 Å². The summed E-state index contributed by atoms with van der Waals surface area (Å²) in [7, 11) is -1.19. The van der Waals surface area contributed by atoms with Crippen LogP contribution in [0.5, 0.6) is 11.5 Å². The van der Waals surface area contributed by atoms with Gasteiger partial charge in [0.15, 0.2) is 11.5 Å². The van der Waals surface area contributed by atoms with Crippen LogP contribution in [0.2, 0.25) is 0 Å². The van der Waals surface area contributed by atoms with Gasteiger partial charge in [-0.15, -0.1) is 0 Å². The standard InChI is InChI=1S/C17H19FN2O5S/c1-11(17(21)19-14-7-5-4-6-13(14)18)20-26(22,23)12-8-9-15(24-2)16(10-12)25-3/h4-11,20H,1-3H3,(H,19,21)/t11-/m1/s1. The van der Waals surface area contributed by atoms with Gasteiger partial charge in [-0.2, -0.15) is 4.72 Å². The Morgan fingerprint density at radius 3 is 2.35 bits per heavy atom. The zero-order valence-corrected chi connectivity index (χ0v) is 15.3. The Balaban J connectivity index is 2.15. The van der Waals surface area contributed by atoms with Crippen molar-refractivity contribution in [2.24, 2.45) is 0 Å². The summed E-state index contributed by atoms with van der Waals surface area (Å²) >= 11 is 0. The van der Waals surface area contributed by atoms with Crippen LogP contribution in [-0.2, 0) is 14.8 Å². The first-order valence-corrected chi connectivity index (χ1v) is 9.06. The number of carbonyl (C=O) groups excluding carboxylic acids is 1. The highest BCUT2D eigenvalue weighted by atomic mass is 32.2. The van der Waals surface area contributed by atoms with Gasteiger partial charge in [0.05, 0.1) is 30.8 Å². The minimum absolute atomic E-state index is 0.0327. The fraction of sp³-hybridized carbons (Fsp3) is 0.235. The number of sulfonamides is 1. The Kier molecular flexibility index (Phi) is 6.17. The summed E-state index contributed by atoms with van der Waals surface area (Å²) < 4.78 is 50.9. The van der Waals surface area contributed by atoms with E-state index in [1.54, 1.807) is 6.07 Å². The monoisotopic (exact) mass is 382 g/mol. The van der Waals surface area contributed by atoms with Crippen LogP contribution in [0.15, 0.2) is 47.4 Å². The maximum atomic E-state index is 13.6. The van der Waals surface area contributed by atoms with Gasteiger partial charge in [0.25, 0.3) is 0 Å². The SMILES string of the molecule is COc1ccc(S(=O)(=O)N[C@H](C)C(=O)Nc2ccccc2F)cc1OC. The third-order valence-electron chi connectivity index (χ3n) is 3.52. The Morgan fingerprint density at radius 2 is 1.73 bits per heavy atom. The number of hydrogen-bond acceptors (Lipinski definition) is 5. The molecular formula is C17H19FN2O5S. The van der Waals surface area contributed by atoms with Gasteiger partial charge in [0.1, 0.15) is 5.82 Å². The van der Waals surface area contributed by atoms with Crippen molar-refractivity contribution in [1.82, 2.24) is 4.72 Å². The van der Waals surface area contributed by atoms with Gasteiger partial charge in [0.2, 0.25) is 15.9 Å². The average Bonchev–Trinajstić information content (AvgIpc) is 2.62. The molecule has 0 aliphatic rings. The number of hydrogen-bond donors (Lipinski definition) is 2. The molecular weight excluding hydrogens is 363 g/mol. The predicted octanol–water partition coefficient (Wildman–Crippen LogP) is 2.15. The first-order chi connectivity index (χ1) is 12.3. The zero-order valence-electron chi connectivity index (χ0n) is 14.4. The van der Waals surface area contributed by atoms with Gasteiger partial charge in [-0.05, 0) is 31.2 Å². The molecule has 1 amide bonds. The number of nitrogens with one attached hydrogen (secondary N) is 2. The highest BCUT2D eigenvalue weighted by molar-refractivity contribution is 7.89. The average molecular weight is 382 g/mol. The van der Waals surface area contributed by atoms with E-state index in [1.807, 2.05) is 0 Å². The Bertz CT molecular complexity index is 902. The highest BCUT2D eigenvalue weighted by Crippen LogP contribution is 2.29. The van der Waals surface area contributed by atoms with Gasteiger partial charge >= 0.3 is 0 Å². The Morgan fingerprint density at radius 1 is 1.08 bits per heavy atom. The molecule has 0 saturated heterocycles. The molecule has 0 fully saturated rings. The highest BCUT2D eigenvalue weighted by Gasteiger charge is 2.23. The molecule has 2 aromatic carbocycles. The number of anilines is 1. The van der Waals surface area contributed by atoms with E-state index in [0.29, 0.717) is 5.75 Å². The fourth-order valence-electron chi connectivity index (χ4n) is 2.14. The number of amides is 1. The second kappa shape index (κ2) is 8.15. The molecule has 0 aliphatic carbocycles. The molecule has 1 atom stereocenters. The van der Waals surface area contributed by atoms with Crippen LogP contribution in [-0.4, -0.2) is 34.6 Å². The summed E-state index contributed by atoms with van der Waals surface area (Å²) in [6, 6.07) is 8.51. The van der Waals surface area contributed by atoms with Crippen molar-refractivity contribution in [3.05, 3.63) is 48.3 Å². The van der Waals surface area contributed by atoms with Crippen molar-refractivity contribution in [3.8, 4) is 11.5 Å². The van der Waals surface area contributed by atoms with E-state index in [-0.39, 0.29) is 16.3 Å². The summed E-state index contributed by atoms with van der Waals surface area (Å²) in [6.45, 7) is 1.36. The van der Waals surface area contributed by atoms with Crippen LogP contribution in [0.25, 0.3) is 0 Å². The Labute approximate surface area is 151 Å². The molecule has 7 nitrogen and oxygen atoms in total. The molecule has 0 aliphatic heterocycles. The van der Waals surface area contributed by atoms with E-state index in [1.165, 1.54) is 57.5 Å². The number of methoxy groups -OCH3 is 2. The van der Waals surface area contributed by atoms with E-state index in [9.17, 15) is 17.6 Å². The van der Waals surface area contributed by atoms with E-state index < -0.39 is 27.8 Å². The summed E-state index contributed by atoms with van der Waals surface area (Å²) in [4.78, 5) is 12.1. The first kappa shape index (κ1) is 19.7. The molecule has 9 heteroatoms. The molecule has 0 spiro atoms. The number of halogens is 1. The molecule has 0 aromatic heterocycles. The van der Waals surface area contributed by atoms with Crippen LogP contribution in [0, 0.1) is 5.82 Å². The van der Waals surface area contributed by atoms with Crippen molar-refractivity contribution in [2.45, 2.75) is 17.9 Å². The van der Waals surface area contributed by atoms with Crippen LogP contribution in [0.1, 0.15) is 6.92 Å². The van der Waals surface area contributed by atoms with Crippen LogP contribution in [0.3, 0.4) is 0 Å². The van der Waals surface area contributed by atoms with Crippen LogP contribution >= 0.6 is 0 Å². The van der Waals surface area contributed by atoms with Crippen molar-refractivity contribution in [3.63, 3.8) is 0 Å². The molecule has 0 heterocycles. The minimum Gasteiger partial charge on any atom is -0.493 e. The number of carbonyl (C=O) groups is 1. The van der Waals surface area contributed by atoms with Crippen molar-refractivity contribution >= 4 is 21.6 Å². The molecule has 26 heavy (non-hydrogen) atoms. The fourth-order valence-corrected chi connectivity index (χ4v) is 3.36. The van der Waals surface area contributed by atoms with Gasteiger partial charge in [-0.1, -0.05) is 12.1 Å². The maximum absolute atomic E-state index is 13.6. The summed E-state index contributed by atoms with van der Waals surface area (Å²) in [6.07, 6.45) is 0. The van der Waals surface area contributed by atoms with Crippen molar-refractivity contribution in [2.75, 3.05) is 19.5 Å². The summed E-state index contributed by atoms with van der Waals surface area (Å²) in [5.74, 6) is -0.703. The first-order valence-electron chi connectivity index (χ1n) is 7.58. The number of ether oxygens (including phenoxy) is 2. The predicted molar refractivity (Wildman–Crippen MR) is 94.4 cm³/mol. The Hall–Kier alpha value is -2.65. The van der Waals surface area contributed by atoms with E-state index >= 15 is 0 Å². The number of para-hydroxylation sites is 1. The molecule has 2 N–H and O–H groups in total. The van der Waals surface area contributed by atoms with E-state index in [0.717, 1.165) is 0 Å². The molecule has 0 unspecified atom stereocenters. The summed E-state index contributed by atoms with van der Waals surface area (Å²) in [5, 5.41) is 2.34. The minimum atomic E-state index is -4.00. The van der Waals surface area contributed by atoms with Crippen LogP contribution < -0.4 is 19.5 Å².